The summed E-state index contributed by atoms with van der Waals surface area (Å²) in [5.74, 6) is 0. The topological polar surface area (TPSA) is 0 Å². The van der Waals surface area contributed by atoms with Gasteiger partial charge < -0.3 is 0 Å². The minimum atomic E-state index is 1.23. The molecule has 0 heteroatoms. The Labute approximate surface area is 279 Å². The van der Waals surface area contributed by atoms with E-state index in [1.807, 2.05) is 0 Å². The molecule has 44 heavy (non-hydrogen) atoms. The first-order chi connectivity index (χ1) is 21.9. The molecule has 0 saturated carbocycles. The van der Waals surface area contributed by atoms with Gasteiger partial charge in [0.25, 0.3) is 0 Å². The molecule has 1 radical (unpaired) electrons. The molecule has 1 aromatic carbocycles. The summed E-state index contributed by atoms with van der Waals surface area (Å²) in [6.07, 6.45) is 51.7. The first kappa shape index (κ1) is 41.2. The molecule has 0 amide bonds. The second-order valence-corrected chi connectivity index (χ2v) is 14.5. The van der Waals surface area contributed by atoms with Gasteiger partial charge in [0.2, 0.25) is 0 Å². The fraction of sp³-hybridized carbons (Fsp3) is 0.864. The lowest BCUT2D eigenvalue weighted by Gasteiger charge is -2.06. The van der Waals surface area contributed by atoms with Crippen molar-refractivity contribution in [1.29, 1.82) is 0 Å². The molecule has 0 spiro atoms. The summed E-state index contributed by atoms with van der Waals surface area (Å²) in [6, 6.07) is 10.7. The zero-order valence-electron chi connectivity index (χ0n) is 30.7. The first-order valence-electron chi connectivity index (χ1n) is 20.9. The molecule has 0 nitrogen and oxygen atoms in total. The quantitative estimate of drug-likeness (QED) is 0.0664. The molecule has 0 saturated heterocycles. The Morgan fingerprint density at radius 2 is 0.500 bits per heavy atom. The summed E-state index contributed by atoms with van der Waals surface area (Å²) in [6.45, 7) is 4.61. The number of benzene rings is 1. The van der Waals surface area contributed by atoms with Gasteiger partial charge in [0.1, 0.15) is 0 Å². The van der Waals surface area contributed by atoms with Crippen molar-refractivity contribution in [2.75, 3.05) is 0 Å². The number of hydrogen-bond acceptors (Lipinski definition) is 0. The van der Waals surface area contributed by atoms with Gasteiger partial charge in [-0.2, -0.15) is 0 Å². The fourth-order valence-corrected chi connectivity index (χ4v) is 6.94. The van der Waals surface area contributed by atoms with Gasteiger partial charge in [-0.05, 0) is 42.9 Å². The van der Waals surface area contributed by atoms with Crippen molar-refractivity contribution < 1.29 is 0 Å². The van der Waals surface area contributed by atoms with Gasteiger partial charge >= 0.3 is 0 Å². The number of hydrogen-bond donors (Lipinski definition) is 0. The standard InChI is InChI=1S/C44H81/c1-3-5-7-9-11-13-15-17-19-21-23-25-27-29-31-33-35-38-43-40-37-41-44(42-43)39-36-34-32-30-28-26-24-22-20-18-16-14-12-10-8-6-4-2/h37,40-41H,3-36,38-39H2,1-2H3. The van der Waals surface area contributed by atoms with Gasteiger partial charge in [-0.3, -0.25) is 0 Å². The van der Waals surface area contributed by atoms with E-state index in [4.69, 9.17) is 0 Å². The maximum absolute atomic E-state index is 3.75. The molecule has 0 aliphatic rings. The Morgan fingerprint density at radius 3 is 0.727 bits per heavy atom. The van der Waals surface area contributed by atoms with Crippen LogP contribution in [0.2, 0.25) is 0 Å². The molecule has 257 valence electrons. The Kier molecular flexibility index (Phi) is 32.9. The van der Waals surface area contributed by atoms with Crippen molar-refractivity contribution in [3.63, 3.8) is 0 Å². The van der Waals surface area contributed by atoms with Crippen molar-refractivity contribution in [3.05, 3.63) is 35.4 Å². The summed E-state index contributed by atoms with van der Waals surface area (Å²) in [5.41, 5.74) is 2.91. The SMILES string of the molecule is CCCCCCCCCCCCCCCCCCCc1[c]c(CCCCCCCCCCCCCCCCCCC)ccc1. The van der Waals surface area contributed by atoms with E-state index in [9.17, 15) is 0 Å². The molecular weight excluding hydrogens is 528 g/mol. The number of aryl methyl sites for hydroxylation is 2. The maximum Gasteiger partial charge on any atom is -0.0114 e. The van der Waals surface area contributed by atoms with E-state index in [-0.39, 0.29) is 0 Å². The Hall–Kier alpha value is -0.780. The zero-order chi connectivity index (χ0) is 31.4. The third kappa shape index (κ3) is 29.9. The van der Waals surface area contributed by atoms with E-state index in [2.05, 4.69) is 38.1 Å². The molecule has 1 aromatic rings. The highest BCUT2D eigenvalue weighted by Crippen LogP contribution is 2.17. The minimum Gasteiger partial charge on any atom is -0.0654 e. The van der Waals surface area contributed by atoms with Crippen LogP contribution in [0.25, 0.3) is 0 Å². The predicted octanol–water partition coefficient (Wildman–Crippen LogP) is 15.9. The van der Waals surface area contributed by atoms with Crippen LogP contribution in [0, 0.1) is 6.07 Å². The van der Waals surface area contributed by atoms with Gasteiger partial charge in [0, 0.05) is 0 Å². The third-order valence-electron chi connectivity index (χ3n) is 10.0. The van der Waals surface area contributed by atoms with Crippen LogP contribution in [0.5, 0.6) is 0 Å². The van der Waals surface area contributed by atoms with E-state index < -0.39 is 0 Å². The highest BCUT2D eigenvalue weighted by Gasteiger charge is 2.00. The van der Waals surface area contributed by atoms with E-state index in [0.29, 0.717) is 0 Å². The van der Waals surface area contributed by atoms with Crippen LogP contribution in [0.4, 0.5) is 0 Å². The molecule has 0 heterocycles. The normalized spacial score (nSPS) is 11.5. The average molecular weight is 610 g/mol. The Bertz CT molecular complexity index is 607. The fourth-order valence-electron chi connectivity index (χ4n) is 6.94. The van der Waals surface area contributed by atoms with Crippen LogP contribution in [-0.2, 0) is 12.8 Å². The number of rotatable bonds is 36. The smallest absolute Gasteiger partial charge is 0.0114 e. The summed E-state index contributed by atoms with van der Waals surface area (Å²) in [5, 5.41) is 0. The lowest BCUT2D eigenvalue weighted by molar-refractivity contribution is 0.527. The summed E-state index contributed by atoms with van der Waals surface area (Å²) >= 11 is 0. The molecule has 0 unspecified atom stereocenters. The highest BCUT2D eigenvalue weighted by atomic mass is 14.1. The highest BCUT2D eigenvalue weighted by molar-refractivity contribution is 5.22. The van der Waals surface area contributed by atoms with Crippen LogP contribution in [-0.4, -0.2) is 0 Å². The first-order valence-corrected chi connectivity index (χ1v) is 20.9. The molecule has 0 atom stereocenters. The average Bonchev–Trinajstić information content (AvgIpc) is 3.04. The van der Waals surface area contributed by atoms with Crippen molar-refractivity contribution in [1.82, 2.24) is 0 Å². The van der Waals surface area contributed by atoms with E-state index in [1.54, 1.807) is 0 Å². The summed E-state index contributed by atoms with van der Waals surface area (Å²) in [4.78, 5) is 0. The predicted molar refractivity (Wildman–Crippen MR) is 201 cm³/mol. The molecule has 0 fully saturated rings. The summed E-state index contributed by atoms with van der Waals surface area (Å²) in [7, 11) is 0. The van der Waals surface area contributed by atoms with Crippen molar-refractivity contribution >= 4 is 0 Å². The van der Waals surface area contributed by atoms with Gasteiger partial charge in [-0.15, -0.1) is 0 Å². The third-order valence-corrected chi connectivity index (χ3v) is 10.0. The van der Waals surface area contributed by atoms with Gasteiger partial charge in [-0.25, -0.2) is 0 Å². The molecule has 0 aliphatic carbocycles. The van der Waals surface area contributed by atoms with Gasteiger partial charge in [0.15, 0.2) is 0 Å². The van der Waals surface area contributed by atoms with Gasteiger partial charge in [-0.1, -0.05) is 238 Å². The molecule has 0 aromatic heterocycles. The van der Waals surface area contributed by atoms with Crippen molar-refractivity contribution in [2.24, 2.45) is 0 Å². The van der Waals surface area contributed by atoms with E-state index in [1.165, 1.54) is 242 Å². The molecule has 0 aliphatic heterocycles. The van der Waals surface area contributed by atoms with Gasteiger partial charge in [0.05, 0.1) is 0 Å². The minimum absolute atomic E-state index is 1.23. The second-order valence-electron chi connectivity index (χ2n) is 14.5. The molecular formula is C44H81. The maximum atomic E-state index is 3.75. The monoisotopic (exact) mass is 610 g/mol. The Balaban J connectivity index is 1.83. The van der Waals surface area contributed by atoms with Crippen LogP contribution >= 0.6 is 0 Å². The number of unbranched alkanes of at least 4 members (excludes halogenated alkanes) is 32. The van der Waals surface area contributed by atoms with Crippen LogP contribution < -0.4 is 0 Å². The van der Waals surface area contributed by atoms with Crippen LogP contribution in [0.15, 0.2) is 18.2 Å². The second kappa shape index (κ2) is 35.1. The summed E-state index contributed by atoms with van der Waals surface area (Å²) < 4.78 is 0. The molecule has 1 rings (SSSR count). The molecule has 0 bridgehead atoms. The molecule has 0 N–H and O–H groups in total. The lowest BCUT2D eigenvalue weighted by atomic mass is 9.99. The van der Waals surface area contributed by atoms with E-state index in [0.717, 1.165) is 0 Å². The van der Waals surface area contributed by atoms with Crippen LogP contribution in [0.3, 0.4) is 0 Å². The van der Waals surface area contributed by atoms with Crippen LogP contribution in [0.1, 0.15) is 243 Å². The van der Waals surface area contributed by atoms with Crippen molar-refractivity contribution in [3.8, 4) is 0 Å². The Morgan fingerprint density at radius 1 is 0.295 bits per heavy atom. The van der Waals surface area contributed by atoms with E-state index >= 15 is 0 Å². The van der Waals surface area contributed by atoms with Crippen molar-refractivity contribution in [2.45, 2.75) is 245 Å². The lowest BCUT2D eigenvalue weighted by Crippen LogP contribution is -1.92. The largest absolute Gasteiger partial charge is 0.0654 e. The zero-order valence-corrected chi connectivity index (χ0v) is 30.7.